The molecular weight excluding hydrogens is 228 g/mol. The number of nitrogens with zero attached hydrogens (tertiary/aromatic N) is 2. The van der Waals surface area contributed by atoms with Crippen molar-refractivity contribution >= 4 is 23.4 Å². The van der Waals surface area contributed by atoms with Gasteiger partial charge in [-0.05, 0) is 27.7 Å². The first-order valence-electron chi connectivity index (χ1n) is 5.74. The van der Waals surface area contributed by atoms with Crippen molar-refractivity contribution in [2.24, 2.45) is 0 Å². The molecule has 0 aliphatic heterocycles. The fourth-order valence-corrected chi connectivity index (χ4v) is 1.77. The monoisotopic (exact) mass is 248 g/mol. The third kappa shape index (κ3) is 3.67. The molecule has 0 aliphatic carbocycles. The zero-order valence-electron chi connectivity index (χ0n) is 10.5. The molecule has 0 aromatic carbocycles. The van der Waals surface area contributed by atoms with Gasteiger partial charge in [-0.15, -0.1) is 11.6 Å². The Kier molecular flexibility index (Phi) is 7.13. The molecule has 0 unspecified atom stereocenters. The van der Waals surface area contributed by atoms with E-state index in [1.165, 1.54) is 0 Å². The van der Waals surface area contributed by atoms with Gasteiger partial charge in [-0.3, -0.25) is 9.59 Å². The van der Waals surface area contributed by atoms with Gasteiger partial charge < -0.3 is 9.80 Å². The highest BCUT2D eigenvalue weighted by Gasteiger charge is 2.29. The Balaban J connectivity index is 4.59. The number of carbonyl (C=O) groups excluding carboxylic acids is 2. The molecular formula is C11H21ClN2O2. The molecule has 0 rings (SSSR count). The Labute approximate surface area is 103 Å². The SMILES string of the molecule is CCN(CC)C(=O)C(Cl)C(=O)N(CC)CC. The summed E-state index contributed by atoms with van der Waals surface area (Å²) in [4.78, 5) is 26.8. The van der Waals surface area contributed by atoms with Crippen LogP contribution in [0.4, 0.5) is 0 Å². The van der Waals surface area contributed by atoms with Crippen molar-refractivity contribution in [3.63, 3.8) is 0 Å². The van der Waals surface area contributed by atoms with Gasteiger partial charge in [0.15, 0.2) is 5.38 Å². The number of amides is 2. The molecule has 0 saturated carbocycles. The van der Waals surface area contributed by atoms with Gasteiger partial charge in [0.1, 0.15) is 0 Å². The minimum atomic E-state index is -1.08. The average molecular weight is 249 g/mol. The van der Waals surface area contributed by atoms with E-state index in [1.807, 2.05) is 27.7 Å². The molecule has 0 bridgehead atoms. The van der Waals surface area contributed by atoms with Crippen LogP contribution in [0, 0.1) is 0 Å². The molecule has 0 N–H and O–H groups in total. The minimum absolute atomic E-state index is 0.302. The summed E-state index contributed by atoms with van der Waals surface area (Å²) in [6.07, 6.45) is 0. The van der Waals surface area contributed by atoms with Crippen molar-refractivity contribution < 1.29 is 9.59 Å². The maximum atomic E-state index is 11.8. The van der Waals surface area contributed by atoms with Gasteiger partial charge >= 0.3 is 0 Å². The summed E-state index contributed by atoms with van der Waals surface area (Å²) in [6, 6.07) is 0. The van der Waals surface area contributed by atoms with Gasteiger partial charge in [0.05, 0.1) is 0 Å². The van der Waals surface area contributed by atoms with E-state index in [0.29, 0.717) is 26.2 Å². The lowest BCUT2D eigenvalue weighted by molar-refractivity contribution is -0.139. The van der Waals surface area contributed by atoms with Crippen LogP contribution in [0.15, 0.2) is 0 Å². The van der Waals surface area contributed by atoms with Gasteiger partial charge in [0, 0.05) is 26.2 Å². The van der Waals surface area contributed by atoms with Crippen LogP contribution in [0.1, 0.15) is 27.7 Å². The molecule has 94 valence electrons. The number of alkyl halides is 1. The highest BCUT2D eigenvalue weighted by molar-refractivity contribution is 6.41. The molecule has 0 radical (unpaired) electrons. The number of hydrogen-bond donors (Lipinski definition) is 0. The van der Waals surface area contributed by atoms with Gasteiger partial charge in [-0.2, -0.15) is 0 Å². The van der Waals surface area contributed by atoms with E-state index >= 15 is 0 Å². The predicted octanol–water partition coefficient (Wildman–Crippen LogP) is 1.33. The van der Waals surface area contributed by atoms with Gasteiger partial charge in [-0.25, -0.2) is 0 Å². The lowest BCUT2D eigenvalue weighted by atomic mass is 10.3. The maximum Gasteiger partial charge on any atom is 0.250 e. The van der Waals surface area contributed by atoms with E-state index in [1.54, 1.807) is 9.80 Å². The summed E-state index contributed by atoms with van der Waals surface area (Å²) in [5, 5.41) is -1.08. The molecule has 0 aromatic heterocycles. The van der Waals surface area contributed by atoms with E-state index in [-0.39, 0.29) is 11.8 Å². The molecule has 0 atom stereocenters. The van der Waals surface area contributed by atoms with Crippen molar-refractivity contribution in [1.29, 1.82) is 0 Å². The quantitative estimate of drug-likeness (QED) is 0.526. The Bertz CT molecular complexity index is 214. The molecule has 16 heavy (non-hydrogen) atoms. The number of rotatable bonds is 6. The molecule has 0 aromatic rings. The Morgan fingerprint density at radius 2 is 1.12 bits per heavy atom. The average Bonchev–Trinajstić information content (AvgIpc) is 2.30. The topological polar surface area (TPSA) is 40.6 Å². The second kappa shape index (κ2) is 7.49. The maximum absolute atomic E-state index is 11.8. The van der Waals surface area contributed by atoms with Crippen molar-refractivity contribution in [1.82, 2.24) is 9.80 Å². The third-order valence-electron chi connectivity index (χ3n) is 2.58. The van der Waals surface area contributed by atoms with Gasteiger partial charge in [0.2, 0.25) is 11.8 Å². The molecule has 0 fully saturated rings. The molecule has 0 aliphatic rings. The molecule has 0 saturated heterocycles. The van der Waals surface area contributed by atoms with Crippen LogP contribution in [-0.2, 0) is 9.59 Å². The van der Waals surface area contributed by atoms with Crippen LogP contribution in [-0.4, -0.2) is 53.2 Å². The van der Waals surface area contributed by atoms with Crippen LogP contribution in [0.25, 0.3) is 0 Å². The van der Waals surface area contributed by atoms with Crippen LogP contribution in [0.2, 0.25) is 0 Å². The van der Waals surface area contributed by atoms with Crippen molar-refractivity contribution in [2.75, 3.05) is 26.2 Å². The van der Waals surface area contributed by atoms with Gasteiger partial charge in [0.25, 0.3) is 0 Å². The summed E-state index contributed by atoms with van der Waals surface area (Å²) in [6.45, 7) is 9.77. The summed E-state index contributed by atoms with van der Waals surface area (Å²) in [5.41, 5.74) is 0. The number of halogens is 1. The molecule has 0 heterocycles. The van der Waals surface area contributed by atoms with E-state index < -0.39 is 5.38 Å². The zero-order valence-corrected chi connectivity index (χ0v) is 11.3. The highest BCUT2D eigenvalue weighted by Crippen LogP contribution is 2.07. The minimum Gasteiger partial charge on any atom is -0.342 e. The van der Waals surface area contributed by atoms with Crippen molar-refractivity contribution in [2.45, 2.75) is 33.1 Å². The number of carbonyl (C=O) groups is 2. The first-order valence-corrected chi connectivity index (χ1v) is 6.18. The second-order valence-electron chi connectivity index (χ2n) is 3.38. The van der Waals surface area contributed by atoms with Crippen molar-refractivity contribution in [3.8, 4) is 0 Å². The second-order valence-corrected chi connectivity index (χ2v) is 3.82. The predicted molar refractivity (Wildman–Crippen MR) is 65.5 cm³/mol. The Morgan fingerprint density at radius 3 is 1.31 bits per heavy atom. The third-order valence-corrected chi connectivity index (χ3v) is 2.96. The summed E-state index contributed by atoms with van der Waals surface area (Å²) in [5.74, 6) is -0.605. The van der Waals surface area contributed by atoms with Crippen LogP contribution < -0.4 is 0 Å². The molecule has 5 heteroatoms. The number of hydrogen-bond acceptors (Lipinski definition) is 2. The molecule has 0 spiro atoms. The standard InChI is InChI=1S/C11H21ClN2O2/c1-5-13(6-2)10(15)9(12)11(16)14(7-3)8-4/h9H,5-8H2,1-4H3. The fraction of sp³-hybridized carbons (Fsp3) is 0.818. The smallest absolute Gasteiger partial charge is 0.250 e. The van der Waals surface area contributed by atoms with E-state index in [0.717, 1.165) is 0 Å². The molecule has 4 nitrogen and oxygen atoms in total. The van der Waals surface area contributed by atoms with E-state index in [4.69, 9.17) is 11.6 Å². The van der Waals surface area contributed by atoms with Crippen LogP contribution >= 0.6 is 11.6 Å². The van der Waals surface area contributed by atoms with Crippen molar-refractivity contribution in [3.05, 3.63) is 0 Å². The lowest BCUT2D eigenvalue weighted by Gasteiger charge is -2.25. The Hall–Kier alpha value is -0.770. The first-order chi connectivity index (χ1) is 7.53. The normalized spacial score (nSPS) is 10.4. The van der Waals surface area contributed by atoms with E-state index in [2.05, 4.69) is 0 Å². The zero-order chi connectivity index (χ0) is 12.7. The lowest BCUT2D eigenvalue weighted by Crippen LogP contribution is -2.46. The summed E-state index contributed by atoms with van der Waals surface area (Å²) in [7, 11) is 0. The first kappa shape index (κ1) is 15.2. The summed E-state index contributed by atoms with van der Waals surface area (Å²) >= 11 is 5.90. The van der Waals surface area contributed by atoms with E-state index in [9.17, 15) is 9.59 Å². The highest BCUT2D eigenvalue weighted by atomic mass is 35.5. The fourth-order valence-electron chi connectivity index (χ4n) is 1.50. The van der Waals surface area contributed by atoms with Crippen LogP contribution in [0.5, 0.6) is 0 Å². The van der Waals surface area contributed by atoms with Crippen LogP contribution in [0.3, 0.4) is 0 Å². The summed E-state index contributed by atoms with van der Waals surface area (Å²) < 4.78 is 0. The molecule has 2 amide bonds. The Morgan fingerprint density at radius 1 is 0.875 bits per heavy atom. The van der Waals surface area contributed by atoms with Gasteiger partial charge in [-0.1, -0.05) is 0 Å². The largest absolute Gasteiger partial charge is 0.342 e.